The van der Waals surface area contributed by atoms with Crippen molar-refractivity contribution in [2.24, 2.45) is 0 Å². The molecule has 7 heteroatoms. The van der Waals surface area contributed by atoms with E-state index in [-0.39, 0.29) is 10.5 Å². The van der Waals surface area contributed by atoms with Crippen LogP contribution in [0.3, 0.4) is 0 Å². The van der Waals surface area contributed by atoms with Crippen molar-refractivity contribution in [3.05, 3.63) is 52.5 Å². The summed E-state index contributed by atoms with van der Waals surface area (Å²) in [6.45, 7) is 1.51. The molecule has 0 fully saturated rings. The van der Waals surface area contributed by atoms with Gasteiger partial charge in [-0.3, -0.25) is 9.71 Å². The van der Waals surface area contributed by atoms with Crippen molar-refractivity contribution in [2.75, 3.05) is 4.72 Å². The summed E-state index contributed by atoms with van der Waals surface area (Å²) >= 11 is 3.20. The summed E-state index contributed by atoms with van der Waals surface area (Å²) < 4.78 is 40.4. The minimum atomic E-state index is -3.75. The van der Waals surface area contributed by atoms with E-state index in [9.17, 15) is 12.8 Å². The zero-order valence-electron chi connectivity index (χ0n) is 9.89. The molecule has 0 atom stereocenters. The Morgan fingerprint density at radius 3 is 2.63 bits per heavy atom. The minimum absolute atomic E-state index is 0.00590. The first-order valence-electron chi connectivity index (χ1n) is 5.28. The van der Waals surface area contributed by atoms with Gasteiger partial charge in [0.25, 0.3) is 10.0 Å². The van der Waals surface area contributed by atoms with Gasteiger partial charge in [0.05, 0.1) is 16.8 Å². The van der Waals surface area contributed by atoms with Crippen molar-refractivity contribution in [3.8, 4) is 0 Å². The number of aromatic nitrogens is 1. The van der Waals surface area contributed by atoms with E-state index in [0.29, 0.717) is 10.2 Å². The van der Waals surface area contributed by atoms with E-state index in [1.54, 1.807) is 12.3 Å². The maximum absolute atomic E-state index is 13.1. The Balaban J connectivity index is 2.35. The van der Waals surface area contributed by atoms with Gasteiger partial charge >= 0.3 is 0 Å². The number of pyridine rings is 1. The lowest BCUT2D eigenvalue weighted by molar-refractivity contribution is 0.598. The number of hydrogen-bond donors (Lipinski definition) is 1. The van der Waals surface area contributed by atoms with Crippen LogP contribution in [0.15, 0.2) is 46.0 Å². The quantitative estimate of drug-likeness (QED) is 0.930. The second-order valence-electron chi connectivity index (χ2n) is 3.91. The number of sulfonamides is 1. The first-order valence-corrected chi connectivity index (χ1v) is 7.55. The molecule has 1 aromatic carbocycles. The molecule has 2 aromatic rings. The Kier molecular flexibility index (Phi) is 3.86. The van der Waals surface area contributed by atoms with Crippen LogP contribution in [-0.2, 0) is 10.0 Å². The molecular formula is C12H10BrFN2O2S. The van der Waals surface area contributed by atoms with Gasteiger partial charge in [0.1, 0.15) is 5.82 Å². The van der Waals surface area contributed by atoms with Crippen LogP contribution >= 0.6 is 15.9 Å². The third kappa shape index (κ3) is 3.30. The van der Waals surface area contributed by atoms with Gasteiger partial charge in [-0.15, -0.1) is 0 Å². The lowest BCUT2D eigenvalue weighted by Crippen LogP contribution is -2.13. The topological polar surface area (TPSA) is 59.1 Å². The van der Waals surface area contributed by atoms with Crippen molar-refractivity contribution in [3.63, 3.8) is 0 Å². The van der Waals surface area contributed by atoms with E-state index in [0.717, 1.165) is 6.07 Å². The summed E-state index contributed by atoms with van der Waals surface area (Å²) in [7, 11) is -3.75. The van der Waals surface area contributed by atoms with E-state index in [2.05, 4.69) is 25.6 Å². The summed E-state index contributed by atoms with van der Waals surface area (Å²) in [5, 5.41) is 0. The number of nitrogens with zero attached hydrogens (tertiary/aromatic N) is 1. The fourth-order valence-corrected chi connectivity index (χ4v) is 2.95. The van der Waals surface area contributed by atoms with E-state index in [4.69, 9.17) is 0 Å². The van der Waals surface area contributed by atoms with Crippen molar-refractivity contribution in [1.82, 2.24) is 4.98 Å². The smallest absolute Gasteiger partial charge is 0.261 e. The van der Waals surface area contributed by atoms with Gasteiger partial charge in [0.2, 0.25) is 0 Å². The van der Waals surface area contributed by atoms with Crippen molar-refractivity contribution in [1.29, 1.82) is 0 Å². The largest absolute Gasteiger partial charge is 0.278 e. The third-order valence-electron chi connectivity index (χ3n) is 2.40. The monoisotopic (exact) mass is 344 g/mol. The Bertz CT molecular complexity index is 719. The number of nitrogens with one attached hydrogen (secondary N) is 1. The van der Waals surface area contributed by atoms with Crippen molar-refractivity contribution >= 4 is 31.6 Å². The van der Waals surface area contributed by atoms with E-state index >= 15 is 0 Å². The van der Waals surface area contributed by atoms with Gasteiger partial charge in [0, 0.05) is 10.7 Å². The predicted molar refractivity (Wildman–Crippen MR) is 73.9 cm³/mol. The molecule has 0 aliphatic rings. The molecular weight excluding hydrogens is 335 g/mol. The molecule has 0 unspecified atom stereocenters. The number of rotatable bonds is 3. The second kappa shape index (κ2) is 5.26. The Hall–Kier alpha value is -1.47. The fourth-order valence-electron chi connectivity index (χ4n) is 1.47. The Morgan fingerprint density at radius 1 is 1.26 bits per heavy atom. The SMILES string of the molecule is Cc1cc(S(=O)(=O)Nc2cncc(Br)c2)ccc1F. The average Bonchev–Trinajstić information content (AvgIpc) is 2.32. The molecule has 0 aliphatic heterocycles. The lowest BCUT2D eigenvalue weighted by atomic mass is 10.2. The van der Waals surface area contributed by atoms with E-state index < -0.39 is 15.8 Å². The van der Waals surface area contributed by atoms with Crippen LogP contribution in [-0.4, -0.2) is 13.4 Å². The highest BCUT2D eigenvalue weighted by molar-refractivity contribution is 9.10. The zero-order chi connectivity index (χ0) is 14.0. The Labute approximate surface area is 118 Å². The molecule has 1 N–H and O–H groups in total. The second-order valence-corrected chi connectivity index (χ2v) is 6.51. The molecule has 0 amide bonds. The van der Waals surface area contributed by atoms with Gasteiger partial charge in [0.15, 0.2) is 0 Å². The molecule has 19 heavy (non-hydrogen) atoms. The van der Waals surface area contributed by atoms with Crippen LogP contribution in [0.4, 0.5) is 10.1 Å². The van der Waals surface area contributed by atoms with Crippen LogP contribution in [0.2, 0.25) is 0 Å². The first-order chi connectivity index (χ1) is 8.88. The van der Waals surface area contributed by atoms with Crippen molar-refractivity contribution in [2.45, 2.75) is 11.8 Å². The van der Waals surface area contributed by atoms with Gasteiger partial charge in [-0.25, -0.2) is 12.8 Å². The number of benzene rings is 1. The maximum atomic E-state index is 13.1. The highest BCUT2D eigenvalue weighted by Crippen LogP contribution is 2.20. The molecule has 0 aliphatic carbocycles. The standard InChI is InChI=1S/C12H10BrFN2O2S/c1-8-4-11(2-3-12(8)14)19(17,18)16-10-5-9(13)6-15-7-10/h2-7,16H,1H3. The number of hydrogen-bond acceptors (Lipinski definition) is 3. The molecule has 1 heterocycles. The summed E-state index contributed by atoms with van der Waals surface area (Å²) in [6.07, 6.45) is 2.93. The van der Waals surface area contributed by atoms with Crippen LogP contribution in [0.1, 0.15) is 5.56 Å². The molecule has 2 rings (SSSR count). The highest BCUT2D eigenvalue weighted by atomic mass is 79.9. The summed E-state index contributed by atoms with van der Waals surface area (Å²) in [5.74, 6) is -0.442. The molecule has 0 saturated carbocycles. The van der Waals surface area contributed by atoms with Crippen LogP contribution in [0, 0.1) is 12.7 Å². The van der Waals surface area contributed by atoms with E-state index in [1.165, 1.54) is 25.3 Å². The van der Waals surface area contributed by atoms with Crippen LogP contribution in [0.5, 0.6) is 0 Å². The summed E-state index contributed by atoms with van der Waals surface area (Å²) in [6, 6.07) is 5.21. The third-order valence-corrected chi connectivity index (χ3v) is 4.21. The van der Waals surface area contributed by atoms with Gasteiger partial charge < -0.3 is 0 Å². The number of aryl methyl sites for hydroxylation is 1. The van der Waals surface area contributed by atoms with Gasteiger partial charge in [-0.1, -0.05) is 0 Å². The first kappa shape index (κ1) is 14.0. The van der Waals surface area contributed by atoms with Crippen molar-refractivity contribution < 1.29 is 12.8 Å². The predicted octanol–water partition coefficient (Wildman–Crippen LogP) is 3.09. The molecule has 4 nitrogen and oxygen atoms in total. The van der Waals surface area contributed by atoms with E-state index in [1.807, 2.05) is 0 Å². The highest BCUT2D eigenvalue weighted by Gasteiger charge is 2.15. The molecule has 1 aromatic heterocycles. The van der Waals surface area contributed by atoms with Gasteiger partial charge in [-0.2, -0.15) is 0 Å². The molecule has 0 bridgehead atoms. The summed E-state index contributed by atoms with van der Waals surface area (Å²) in [4.78, 5) is 3.87. The zero-order valence-corrected chi connectivity index (χ0v) is 12.3. The van der Waals surface area contributed by atoms with Crippen LogP contribution in [0.25, 0.3) is 0 Å². The summed E-state index contributed by atoms with van der Waals surface area (Å²) in [5.41, 5.74) is 0.603. The molecule has 100 valence electrons. The minimum Gasteiger partial charge on any atom is -0.278 e. The fraction of sp³-hybridized carbons (Fsp3) is 0.0833. The number of anilines is 1. The molecule has 0 spiro atoms. The number of halogens is 2. The molecule has 0 radical (unpaired) electrons. The normalized spacial score (nSPS) is 11.3. The Morgan fingerprint density at radius 2 is 2.00 bits per heavy atom. The average molecular weight is 345 g/mol. The van der Waals surface area contributed by atoms with Crippen LogP contribution < -0.4 is 4.72 Å². The molecule has 0 saturated heterocycles. The van der Waals surface area contributed by atoms with Gasteiger partial charge in [-0.05, 0) is 52.7 Å². The maximum Gasteiger partial charge on any atom is 0.261 e. The lowest BCUT2D eigenvalue weighted by Gasteiger charge is -2.08.